The lowest BCUT2D eigenvalue weighted by Gasteiger charge is -2.28. The van der Waals surface area contributed by atoms with E-state index in [1.54, 1.807) is 11.0 Å². The summed E-state index contributed by atoms with van der Waals surface area (Å²) >= 11 is 0. The predicted molar refractivity (Wildman–Crippen MR) is 78.2 cm³/mol. The SMILES string of the molecule is CC(C)c1occc1C(=O)N1CCC(C(=O)O)(C(C)C)C1. The zero-order valence-electron chi connectivity index (χ0n) is 13.0. The van der Waals surface area contributed by atoms with Gasteiger partial charge in [-0.05, 0) is 18.4 Å². The second kappa shape index (κ2) is 5.54. The molecule has 21 heavy (non-hydrogen) atoms. The average Bonchev–Trinajstić information content (AvgIpc) is 3.05. The Labute approximate surface area is 124 Å². The van der Waals surface area contributed by atoms with Crippen molar-refractivity contribution in [1.82, 2.24) is 4.90 Å². The Morgan fingerprint density at radius 1 is 1.33 bits per heavy atom. The quantitative estimate of drug-likeness (QED) is 0.926. The lowest BCUT2D eigenvalue weighted by atomic mass is 9.76. The first-order chi connectivity index (χ1) is 9.79. The van der Waals surface area contributed by atoms with Crippen molar-refractivity contribution >= 4 is 11.9 Å². The molecule has 116 valence electrons. The highest BCUT2D eigenvalue weighted by Gasteiger charge is 2.48. The Kier molecular flexibility index (Phi) is 4.12. The average molecular weight is 293 g/mol. The molecule has 0 bridgehead atoms. The van der Waals surface area contributed by atoms with Gasteiger partial charge in [0.1, 0.15) is 5.76 Å². The number of rotatable bonds is 4. The third-order valence-electron chi connectivity index (χ3n) is 4.57. The second-order valence-electron chi connectivity index (χ2n) is 6.45. The number of carboxylic acid groups (broad SMARTS) is 1. The molecule has 1 aromatic rings. The number of amides is 1. The number of hydrogen-bond acceptors (Lipinski definition) is 3. The summed E-state index contributed by atoms with van der Waals surface area (Å²) in [6.07, 6.45) is 2.02. The third-order valence-corrected chi connectivity index (χ3v) is 4.57. The zero-order chi connectivity index (χ0) is 15.8. The van der Waals surface area contributed by atoms with Crippen LogP contribution >= 0.6 is 0 Å². The van der Waals surface area contributed by atoms with E-state index in [2.05, 4.69) is 0 Å². The maximum absolute atomic E-state index is 12.6. The molecule has 1 aliphatic heterocycles. The molecule has 0 aromatic carbocycles. The fourth-order valence-corrected chi connectivity index (χ4v) is 3.01. The van der Waals surface area contributed by atoms with E-state index in [0.717, 1.165) is 0 Å². The minimum absolute atomic E-state index is 0.0123. The molecule has 0 radical (unpaired) electrons. The Balaban J connectivity index is 2.23. The van der Waals surface area contributed by atoms with Crippen molar-refractivity contribution in [3.8, 4) is 0 Å². The van der Waals surface area contributed by atoms with Crippen LogP contribution in [0, 0.1) is 11.3 Å². The molecule has 1 aromatic heterocycles. The van der Waals surface area contributed by atoms with Crippen LogP contribution in [0.3, 0.4) is 0 Å². The number of nitrogens with zero attached hydrogens (tertiary/aromatic N) is 1. The first-order valence-corrected chi connectivity index (χ1v) is 7.39. The summed E-state index contributed by atoms with van der Waals surface area (Å²) in [5.74, 6) is -0.171. The summed E-state index contributed by atoms with van der Waals surface area (Å²) in [5.41, 5.74) is -0.285. The van der Waals surface area contributed by atoms with Gasteiger partial charge in [-0.15, -0.1) is 0 Å². The molecule has 1 atom stereocenters. The molecule has 0 aliphatic carbocycles. The maximum atomic E-state index is 12.6. The first kappa shape index (κ1) is 15.6. The molecular formula is C16H23NO4. The van der Waals surface area contributed by atoms with Gasteiger partial charge in [0, 0.05) is 19.0 Å². The van der Waals surface area contributed by atoms with E-state index in [1.807, 2.05) is 27.7 Å². The lowest BCUT2D eigenvalue weighted by molar-refractivity contribution is -0.150. The minimum atomic E-state index is -0.836. The predicted octanol–water partition coefficient (Wildman–Crippen LogP) is 2.98. The van der Waals surface area contributed by atoms with Gasteiger partial charge < -0.3 is 14.4 Å². The molecule has 1 N–H and O–H groups in total. The Morgan fingerprint density at radius 2 is 2.00 bits per heavy atom. The second-order valence-corrected chi connectivity index (χ2v) is 6.45. The number of aliphatic carboxylic acids is 1. The fraction of sp³-hybridized carbons (Fsp3) is 0.625. The van der Waals surface area contributed by atoms with Gasteiger partial charge in [0.15, 0.2) is 0 Å². The number of furan rings is 1. The lowest BCUT2D eigenvalue weighted by Crippen LogP contribution is -2.40. The standard InChI is InChI=1S/C16H23NO4/c1-10(2)13-12(5-8-21-13)14(18)17-7-6-16(9-17,11(3)4)15(19)20/h5,8,10-11H,6-7,9H2,1-4H3,(H,19,20). The number of carboxylic acids is 1. The normalized spacial score (nSPS) is 22.3. The highest BCUT2D eigenvalue weighted by molar-refractivity contribution is 5.96. The van der Waals surface area contributed by atoms with E-state index < -0.39 is 11.4 Å². The molecule has 5 heteroatoms. The molecule has 2 heterocycles. The van der Waals surface area contributed by atoms with Crippen LogP contribution in [-0.4, -0.2) is 35.0 Å². The molecule has 0 saturated carbocycles. The van der Waals surface area contributed by atoms with Crippen molar-refractivity contribution in [3.63, 3.8) is 0 Å². The summed E-state index contributed by atoms with van der Waals surface area (Å²) < 4.78 is 5.39. The molecule has 1 amide bonds. The third kappa shape index (κ3) is 2.57. The monoisotopic (exact) mass is 293 g/mol. The Bertz CT molecular complexity index is 546. The van der Waals surface area contributed by atoms with Crippen LogP contribution in [0.4, 0.5) is 0 Å². The molecule has 1 aliphatic rings. The number of carbonyl (C=O) groups excluding carboxylic acids is 1. The zero-order valence-corrected chi connectivity index (χ0v) is 13.0. The molecule has 0 spiro atoms. The van der Waals surface area contributed by atoms with E-state index in [9.17, 15) is 14.7 Å². The van der Waals surface area contributed by atoms with Gasteiger partial charge in [0.2, 0.25) is 0 Å². The van der Waals surface area contributed by atoms with Gasteiger partial charge in [-0.25, -0.2) is 0 Å². The van der Waals surface area contributed by atoms with Crippen molar-refractivity contribution in [1.29, 1.82) is 0 Å². The summed E-state index contributed by atoms with van der Waals surface area (Å²) in [6, 6.07) is 1.67. The largest absolute Gasteiger partial charge is 0.481 e. The summed E-state index contributed by atoms with van der Waals surface area (Å²) in [4.78, 5) is 25.9. The van der Waals surface area contributed by atoms with Crippen molar-refractivity contribution in [2.75, 3.05) is 13.1 Å². The van der Waals surface area contributed by atoms with Crippen molar-refractivity contribution in [2.45, 2.75) is 40.0 Å². The van der Waals surface area contributed by atoms with Gasteiger partial charge in [-0.1, -0.05) is 27.7 Å². The Hall–Kier alpha value is -1.78. The molecule has 1 saturated heterocycles. The summed E-state index contributed by atoms with van der Waals surface area (Å²) in [6.45, 7) is 8.48. The van der Waals surface area contributed by atoms with Gasteiger partial charge in [0.25, 0.3) is 5.91 Å². The topological polar surface area (TPSA) is 70.8 Å². The molecule has 5 nitrogen and oxygen atoms in total. The maximum Gasteiger partial charge on any atom is 0.311 e. The van der Waals surface area contributed by atoms with Crippen molar-refractivity contribution in [2.24, 2.45) is 11.3 Å². The van der Waals surface area contributed by atoms with Crippen molar-refractivity contribution in [3.05, 3.63) is 23.7 Å². The van der Waals surface area contributed by atoms with Gasteiger partial charge in [-0.3, -0.25) is 9.59 Å². The van der Waals surface area contributed by atoms with Crippen LogP contribution in [0.1, 0.15) is 56.2 Å². The molecular weight excluding hydrogens is 270 g/mol. The van der Waals surface area contributed by atoms with E-state index in [4.69, 9.17) is 4.42 Å². The molecule has 2 rings (SSSR count). The smallest absolute Gasteiger partial charge is 0.311 e. The fourth-order valence-electron chi connectivity index (χ4n) is 3.01. The van der Waals surface area contributed by atoms with E-state index in [0.29, 0.717) is 24.3 Å². The van der Waals surface area contributed by atoms with Gasteiger partial charge >= 0.3 is 5.97 Å². The van der Waals surface area contributed by atoms with Crippen LogP contribution in [0.25, 0.3) is 0 Å². The first-order valence-electron chi connectivity index (χ1n) is 7.39. The summed E-state index contributed by atoms with van der Waals surface area (Å²) in [5, 5.41) is 9.55. The molecule has 1 fully saturated rings. The number of carbonyl (C=O) groups is 2. The van der Waals surface area contributed by atoms with Crippen molar-refractivity contribution < 1.29 is 19.1 Å². The summed E-state index contributed by atoms with van der Waals surface area (Å²) in [7, 11) is 0. The van der Waals surface area contributed by atoms with Crippen LogP contribution in [-0.2, 0) is 4.79 Å². The minimum Gasteiger partial charge on any atom is -0.481 e. The van der Waals surface area contributed by atoms with Crippen LogP contribution < -0.4 is 0 Å². The highest BCUT2D eigenvalue weighted by atomic mass is 16.4. The van der Waals surface area contributed by atoms with Gasteiger partial charge in [0.05, 0.1) is 17.2 Å². The number of hydrogen-bond donors (Lipinski definition) is 1. The van der Waals surface area contributed by atoms with E-state index in [1.165, 1.54) is 6.26 Å². The molecule has 1 unspecified atom stereocenters. The van der Waals surface area contributed by atoms with Crippen LogP contribution in [0.5, 0.6) is 0 Å². The van der Waals surface area contributed by atoms with Gasteiger partial charge in [-0.2, -0.15) is 0 Å². The Morgan fingerprint density at radius 3 is 2.48 bits per heavy atom. The van der Waals surface area contributed by atoms with Crippen LogP contribution in [0.2, 0.25) is 0 Å². The van der Waals surface area contributed by atoms with Crippen LogP contribution in [0.15, 0.2) is 16.7 Å². The van der Waals surface area contributed by atoms with E-state index in [-0.39, 0.29) is 24.3 Å². The highest BCUT2D eigenvalue weighted by Crippen LogP contribution is 2.39. The number of likely N-dealkylation sites (tertiary alicyclic amines) is 1. The van der Waals surface area contributed by atoms with E-state index >= 15 is 0 Å².